The maximum Gasteiger partial charge on any atom is 0.106 e. The molecule has 0 aromatic carbocycles. The predicted octanol–water partition coefficient (Wildman–Crippen LogP) is 2.26. The molecule has 1 saturated heterocycles. The third-order valence-electron chi connectivity index (χ3n) is 4.53. The van der Waals surface area contributed by atoms with E-state index in [-0.39, 0.29) is 0 Å². The van der Waals surface area contributed by atoms with Gasteiger partial charge in [-0.15, -0.1) is 0 Å². The van der Waals surface area contributed by atoms with Gasteiger partial charge in [0.25, 0.3) is 0 Å². The molecule has 0 radical (unpaired) electrons. The van der Waals surface area contributed by atoms with Crippen molar-refractivity contribution >= 4 is 0 Å². The molecule has 0 unspecified atom stereocenters. The van der Waals surface area contributed by atoms with Gasteiger partial charge in [-0.1, -0.05) is 13.8 Å². The Morgan fingerprint density at radius 3 is 2.79 bits per heavy atom. The van der Waals surface area contributed by atoms with Crippen LogP contribution >= 0.6 is 0 Å². The number of aliphatic hydroxyl groups is 1. The minimum atomic E-state index is -0.500. The Bertz CT molecular complexity index is 425. The first kappa shape index (κ1) is 14.5. The summed E-state index contributed by atoms with van der Waals surface area (Å²) in [7, 11) is 0. The summed E-state index contributed by atoms with van der Waals surface area (Å²) in [6, 6.07) is 0. The summed E-state index contributed by atoms with van der Waals surface area (Å²) in [5, 5.41) is 10.4. The molecule has 1 fully saturated rings. The molecule has 4 nitrogen and oxygen atoms in total. The highest BCUT2D eigenvalue weighted by Gasteiger charge is 2.36. The van der Waals surface area contributed by atoms with E-state index in [9.17, 15) is 5.11 Å². The maximum absolute atomic E-state index is 10.4. The first-order chi connectivity index (χ1) is 8.96. The number of aromatic amines is 1. The van der Waals surface area contributed by atoms with Crippen molar-refractivity contribution in [1.82, 2.24) is 14.9 Å². The molecule has 0 aliphatic carbocycles. The van der Waals surface area contributed by atoms with E-state index in [2.05, 4.69) is 35.6 Å². The van der Waals surface area contributed by atoms with Crippen molar-refractivity contribution in [2.24, 2.45) is 5.92 Å². The van der Waals surface area contributed by atoms with Crippen LogP contribution < -0.4 is 0 Å². The van der Waals surface area contributed by atoms with E-state index < -0.39 is 5.60 Å². The van der Waals surface area contributed by atoms with Crippen LogP contribution in [-0.4, -0.2) is 38.7 Å². The third-order valence-corrected chi connectivity index (χ3v) is 4.53. The van der Waals surface area contributed by atoms with Gasteiger partial charge in [0.15, 0.2) is 0 Å². The van der Waals surface area contributed by atoms with Crippen LogP contribution in [0.25, 0.3) is 0 Å². The largest absolute Gasteiger partial charge is 0.390 e. The summed E-state index contributed by atoms with van der Waals surface area (Å²) >= 11 is 0. The Morgan fingerprint density at radius 2 is 2.21 bits per heavy atom. The van der Waals surface area contributed by atoms with Gasteiger partial charge in [0.05, 0.1) is 11.3 Å². The van der Waals surface area contributed by atoms with E-state index in [0.717, 1.165) is 50.4 Å². The van der Waals surface area contributed by atoms with Gasteiger partial charge in [-0.05, 0) is 32.6 Å². The van der Waals surface area contributed by atoms with Gasteiger partial charge in [0, 0.05) is 31.7 Å². The van der Waals surface area contributed by atoms with E-state index in [4.69, 9.17) is 0 Å². The smallest absolute Gasteiger partial charge is 0.106 e. The van der Waals surface area contributed by atoms with Gasteiger partial charge < -0.3 is 10.1 Å². The molecule has 4 heteroatoms. The lowest BCUT2D eigenvalue weighted by molar-refractivity contribution is -0.0610. The van der Waals surface area contributed by atoms with Crippen molar-refractivity contribution in [3.8, 4) is 0 Å². The second-order valence-corrected chi connectivity index (χ2v) is 6.06. The summed E-state index contributed by atoms with van der Waals surface area (Å²) in [6.07, 6.45) is 2.84. The first-order valence-electron chi connectivity index (χ1n) is 7.45. The van der Waals surface area contributed by atoms with Crippen molar-refractivity contribution in [2.75, 3.05) is 13.1 Å². The molecular formula is C15H27N3O. The van der Waals surface area contributed by atoms with Crippen molar-refractivity contribution < 1.29 is 5.11 Å². The fourth-order valence-corrected chi connectivity index (χ4v) is 3.00. The molecule has 0 amide bonds. The molecule has 1 aromatic heterocycles. The number of likely N-dealkylation sites (tertiary alicyclic amines) is 1. The number of hydrogen-bond acceptors (Lipinski definition) is 3. The van der Waals surface area contributed by atoms with Crippen LogP contribution in [0.2, 0.25) is 0 Å². The minimum absolute atomic E-state index is 0.367. The molecule has 2 rings (SSSR count). The van der Waals surface area contributed by atoms with Gasteiger partial charge in [-0.3, -0.25) is 4.90 Å². The highest BCUT2D eigenvalue weighted by Crippen LogP contribution is 2.30. The monoisotopic (exact) mass is 265 g/mol. The standard InChI is InChI=1S/C15H27N3O/c1-5-12-9-18(8-7-15(12,4)19)10-13-11(3)16-14(6-2)17-13/h12,19H,5-10H2,1-4H3,(H,16,17)/t12-,15+/m1/s1. The van der Waals surface area contributed by atoms with Crippen molar-refractivity contribution in [1.29, 1.82) is 0 Å². The number of aromatic nitrogens is 2. The number of piperidine rings is 1. The molecule has 1 aliphatic rings. The zero-order chi connectivity index (χ0) is 14.0. The lowest BCUT2D eigenvalue weighted by Gasteiger charge is -2.42. The summed E-state index contributed by atoms with van der Waals surface area (Å²) in [5.74, 6) is 1.44. The lowest BCUT2D eigenvalue weighted by Crippen LogP contribution is -2.49. The molecule has 2 atom stereocenters. The van der Waals surface area contributed by atoms with Gasteiger partial charge in [-0.25, -0.2) is 4.98 Å². The van der Waals surface area contributed by atoms with Crippen LogP contribution in [0.1, 0.15) is 50.8 Å². The van der Waals surface area contributed by atoms with E-state index in [1.807, 2.05) is 6.92 Å². The van der Waals surface area contributed by atoms with Crippen molar-refractivity contribution in [3.63, 3.8) is 0 Å². The van der Waals surface area contributed by atoms with E-state index >= 15 is 0 Å². The zero-order valence-electron chi connectivity index (χ0n) is 12.7. The number of H-pyrrole nitrogens is 1. The summed E-state index contributed by atoms with van der Waals surface area (Å²) in [4.78, 5) is 10.4. The topological polar surface area (TPSA) is 52.1 Å². The molecule has 2 heterocycles. The summed E-state index contributed by atoms with van der Waals surface area (Å²) in [6.45, 7) is 11.2. The van der Waals surface area contributed by atoms with Crippen LogP contribution in [0.5, 0.6) is 0 Å². The van der Waals surface area contributed by atoms with Crippen LogP contribution in [0, 0.1) is 12.8 Å². The Hall–Kier alpha value is -0.870. The Kier molecular flexibility index (Phi) is 4.31. The normalized spacial score (nSPS) is 28.8. The maximum atomic E-state index is 10.4. The SMILES string of the molecule is CCc1nc(CN2CC[C@](C)(O)[C@H](CC)C2)c(C)[nH]1. The van der Waals surface area contributed by atoms with Gasteiger partial charge in [0.1, 0.15) is 5.82 Å². The van der Waals surface area contributed by atoms with Crippen molar-refractivity contribution in [2.45, 2.75) is 59.1 Å². The average Bonchev–Trinajstić information content (AvgIpc) is 2.72. The molecular weight excluding hydrogens is 238 g/mol. The zero-order valence-corrected chi connectivity index (χ0v) is 12.7. The predicted molar refractivity (Wildman–Crippen MR) is 77.0 cm³/mol. The Balaban J connectivity index is 2.02. The summed E-state index contributed by atoms with van der Waals surface area (Å²) < 4.78 is 0. The number of hydrogen-bond donors (Lipinski definition) is 2. The number of imidazole rings is 1. The Morgan fingerprint density at radius 1 is 1.47 bits per heavy atom. The van der Waals surface area contributed by atoms with E-state index in [1.54, 1.807) is 0 Å². The molecule has 0 saturated carbocycles. The molecule has 1 aromatic rings. The molecule has 1 aliphatic heterocycles. The number of aryl methyl sites for hydroxylation is 2. The average molecular weight is 265 g/mol. The van der Waals surface area contributed by atoms with Crippen LogP contribution in [-0.2, 0) is 13.0 Å². The second-order valence-electron chi connectivity index (χ2n) is 6.06. The fraction of sp³-hybridized carbons (Fsp3) is 0.800. The lowest BCUT2D eigenvalue weighted by atomic mass is 9.81. The fourth-order valence-electron chi connectivity index (χ4n) is 3.00. The Labute approximate surface area is 116 Å². The number of nitrogens with one attached hydrogen (secondary N) is 1. The molecule has 19 heavy (non-hydrogen) atoms. The third kappa shape index (κ3) is 3.18. The van der Waals surface area contributed by atoms with Gasteiger partial charge in [0.2, 0.25) is 0 Å². The minimum Gasteiger partial charge on any atom is -0.390 e. The molecule has 2 N–H and O–H groups in total. The first-order valence-corrected chi connectivity index (χ1v) is 7.45. The van der Waals surface area contributed by atoms with Crippen molar-refractivity contribution in [3.05, 3.63) is 17.2 Å². The summed E-state index contributed by atoms with van der Waals surface area (Å²) in [5.41, 5.74) is 1.84. The second kappa shape index (κ2) is 5.63. The highest BCUT2D eigenvalue weighted by molar-refractivity contribution is 5.13. The number of nitrogens with zero attached hydrogens (tertiary/aromatic N) is 2. The van der Waals surface area contributed by atoms with Crippen LogP contribution in [0.3, 0.4) is 0 Å². The van der Waals surface area contributed by atoms with Crippen LogP contribution in [0.4, 0.5) is 0 Å². The number of rotatable bonds is 4. The molecule has 0 spiro atoms. The molecule has 108 valence electrons. The molecule has 0 bridgehead atoms. The van der Waals surface area contributed by atoms with Gasteiger partial charge in [-0.2, -0.15) is 0 Å². The highest BCUT2D eigenvalue weighted by atomic mass is 16.3. The quantitative estimate of drug-likeness (QED) is 0.878. The van der Waals surface area contributed by atoms with E-state index in [0.29, 0.717) is 5.92 Å². The van der Waals surface area contributed by atoms with Crippen LogP contribution in [0.15, 0.2) is 0 Å². The van der Waals surface area contributed by atoms with Gasteiger partial charge >= 0.3 is 0 Å². The van der Waals surface area contributed by atoms with E-state index in [1.165, 1.54) is 5.69 Å².